The number of fused-ring (bicyclic) bond motifs is 1. The highest BCUT2D eigenvalue weighted by Gasteiger charge is 2.39. The highest BCUT2D eigenvalue weighted by molar-refractivity contribution is 5.85. The van der Waals surface area contributed by atoms with Crippen LogP contribution in [0.3, 0.4) is 0 Å². The number of nitrogens with two attached hydrogens (primary N) is 1. The molecule has 3 rings (SSSR count). The van der Waals surface area contributed by atoms with E-state index in [-0.39, 0.29) is 24.4 Å². The molecule has 128 valence electrons. The largest absolute Gasteiger partial charge is 0.497 e. The summed E-state index contributed by atoms with van der Waals surface area (Å²) < 4.78 is 5.15. The molecule has 0 spiro atoms. The van der Waals surface area contributed by atoms with Crippen LogP contribution < -0.4 is 10.5 Å². The zero-order valence-electron chi connectivity index (χ0n) is 13.7. The molecule has 4 nitrogen and oxygen atoms in total. The van der Waals surface area contributed by atoms with Gasteiger partial charge in [0.25, 0.3) is 0 Å². The van der Waals surface area contributed by atoms with E-state index in [4.69, 9.17) is 10.5 Å². The molecular formula is C18H27ClN2O2. The first-order valence-corrected chi connectivity index (χ1v) is 8.33. The fraction of sp³-hybridized carbons (Fsp3) is 0.611. The standard InChI is InChI=1S/C18H26N2O2.ClH/c1-22-15-8-5-13(6-9-15)7-10-18(21)20-11-14-3-2-4-17(19)16(14)12-20;/h5-6,8-9,14,16-17H,2-4,7,10-12,19H2,1H3;1H. The maximum atomic E-state index is 12.5. The van der Waals surface area contributed by atoms with Crippen LogP contribution in [0.1, 0.15) is 31.2 Å². The average Bonchev–Trinajstić information content (AvgIpc) is 2.99. The molecule has 2 fully saturated rings. The van der Waals surface area contributed by atoms with Crippen molar-refractivity contribution >= 4 is 18.3 Å². The Morgan fingerprint density at radius 3 is 2.65 bits per heavy atom. The van der Waals surface area contributed by atoms with Crippen molar-refractivity contribution in [2.45, 2.75) is 38.1 Å². The number of rotatable bonds is 4. The third-order valence-electron chi connectivity index (χ3n) is 5.29. The van der Waals surface area contributed by atoms with Gasteiger partial charge in [-0.05, 0) is 48.8 Å². The van der Waals surface area contributed by atoms with Crippen molar-refractivity contribution in [1.29, 1.82) is 0 Å². The molecule has 3 atom stereocenters. The second-order valence-electron chi connectivity index (χ2n) is 6.67. The summed E-state index contributed by atoms with van der Waals surface area (Å²) in [4.78, 5) is 14.5. The van der Waals surface area contributed by atoms with Gasteiger partial charge in [0.05, 0.1) is 7.11 Å². The SMILES string of the molecule is COc1ccc(CCC(=O)N2CC3CCCC(N)C3C2)cc1.Cl. The predicted molar refractivity (Wildman–Crippen MR) is 93.9 cm³/mol. The van der Waals surface area contributed by atoms with Crippen molar-refractivity contribution in [3.8, 4) is 5.75 Å². The first kappa shape index (κ1) is 18.1. The van der Waals surface area contributed by atoms with Gasteiger partial charge in [-0.2, -0.15) is 0 Å². The van der Waals surface area contributed by atoms with Crippen LogP contribution in [0.15, 0.2) is 24.3 Å². The second-order valence-corrected chi connectivity index (χ2v) is 6.67. The third kappa shape index (κ3) is 4.18. The Kier molecular flexibility index (Phi) is 6.31. The van der Waals surface area contributed by atoms with Crippen molar-refractivity contribution in [3.05, 3.63) is 29.8 Å². The van der Waals surface area contributed by atoms with Crippen LogP contribution in [-0.2, 0) is 11.2 Å². The van der Waals surface area contributed by atoms with Crippen molar-refractivity contribution < 1.29 is 9.53 Å². The number of nitrogens with zero attached hydrogens (tertiary/aromatic N) is 1. The van der Waals surface area contributed by atoms with Gasteiger partial charge in [-0.15, -0.1) is 12.4 Å². The highest BCUT2D eigenvalue weighted by atomic mass is 35.5. The summed E-state index contributed by atoms with van der Waals surface area (Å²) in [5.41, 5.74) is 7.41. The Morgan fingerprint density at radius 1 is 1.26 bits per heavy atom. The average molecular weight is 339 g/mol. The molecule has 1 aliphatic carbocycles. The number of carbonyl (C=O) groups is 1. The van der Waals surface area contributed by atoms with E-state index in [1.165, 1.54) is 18.4 Å². The maximum Gasteiger partial charge on any atom is 0.222 e. The number of hydrogen-bond donors (Lipinski definition) is 1. The lowest BCUT2D eigenvalue weighted by Gasteiger charge is -2.29. The van der Waals surface area contributed by atoms with Gasteiger partial charge in [-0.1, -0.05) is 18.6 Å². The summed E-state index contributed by atoms with van der Waals surface area (Å²) in [7, 11) is 1.66. The van der Waals surface area contributed by atoms with E-state index in [0.29, 0.717) is 18.3 Å². The van der Waals surface area contributed by atoms with E-state index in [1.807, 2.05) is 29.2 Å². The zero-order chi connectivity index (χ0) is 15.5. The molecule has 1 aromatic rings. The molecule has 5 heteroatoms. The predicted octanol–water partition coefficient (Wildman–Crippen LogP) is 2.64. The summed E-state index contributed by atoms with van der Waals surface area (Å²) in [6.45, 7) is 1.78. The molecule has 1 amide bonds. The summed E-state index contributed by atoms with van der Waals surface area (Å²) in [5, 5.41) is 0. The molecule has 1 saturated heterocycles. The van der Waals surface area contributed by atoms with Gasteiger partial charge in [0, 0.05) is 25.6 Å². The minimum Gasteiger partial charge on any atom is -0.497 e. The van der Waals surface area contributed by atoms with E-state index >= 15 is 0 Å². The molecule has 0 bridgehead atoms. The number of hydrogen-bond acceptors (Lipinski definition) is 3. The van der Waals surface area contributed by atoms with Crippen LogP contribution in [0.5, 0.6) is 5.75 Å². The number of ether oxygens (including phenoxy) is 1. The molecule has 0 aromatic heterocycles. The summed E-state index contributed by atoms with van der Waals surface area (Å²) in [6.07, 6.45) is 4.95. The van der Waals surface area contributed by atoms with Crippen molar-refractivity contribution in [2.24, 2.45) is 17.6 Å². The minimum absolute atomic E-state index is 0. The second kappa shape index (κ2) is 8.02. The van der Waals surface area contributed by atoms with Gasteiger partial charge < -0.3 is 15.4 Å². The Balaban J connectivity index is 0.00000192. The molecule has 1 heterocycles. The molecule has 1 aliphatic heterocycles. The third-order valence-corrected chi connectivity index (χ3v) is 5.29. The van der Waals surface area contributed by atoms with Crippen molar-refractivity contribution in [3.63, 3.8) is 0 Å². The van der Waals surface area contributed by atoms with Crippen LogP contribution in [0.4, 0.5) is 0 Å². The van der Waals surface area contributed by atoms with Crippen molar-refractivity contribution in [2.75, 3.05) is 20.2 Å². The monoisotopic (exact) mass is 338 g/mol. The lowest BCUT2D eigenvalue weighted by atomic mass is 9.78. The van der Waals surface area contributed by atoms with Crippen LogP contribution in [0.25, 0.3) is 0 Å². The molecular weight excluding hydrogens is 312 g/mol. The molecule has 1 aromatic carbocycles. The van der Waals surface area contributed by atoms with E-state index in [2.05, 4.69) is 0 Å². The Morgan fingerprint density at radius 2 is 2.00 bits per heavy atom. The fourth-order valence-corrected chi connectivity index (χ4v) is 3.92. The molecule has 23 heavy (non-hydrogen) atoms. The molecule has 3 unspecified atom stereocenters. The number of likely N-dealkylation sites (tertiary alicyclic amines) is 1. The van der Waals surface area contributed by atoms with Crippen LogP contribution in [0, 0.1) is 11.8 Å². The van der Waals surface area contributed by atoms with E-state index in [9.17, 15) is 4.79 Å². The molecule has 2 N–H and O–H groups in total. The van der Waals surface area contributed by atoms with Gasteiger partial charge in [-0.25, -0.2) is 0 Å². The van der Waals surface area contributed by atoms with Gasteiger partial charge in [0.2, 0.25) is 5.91 Å². The zero-order valence-corrected chi connectivity index (χ0v) is 14.6. The van der Waals surface area contributed by atoms with E-state index < -0.39 is 0 Å². The lowest BCUT2D eigenvalue weighted by Crippen LogP contribution is -2.38. The Labute approximate surface area is 144 Å². The number of aryl methyl sites for hydroxylation is 1. The van der Waals surface area contributed by atoms with E-state index in [0.717, 1.165) is 31.7 Å². The number of benzene rings is 1. The maximum absolute atomic E-state index is 12.5. The van der Waals surface area contributed by atoms with Gasteiger partial charge in [0.15, 0.2) is 0 Å². The molecule has 2 aliphatic rings. The number of carbonyl (C=O) groups excluding carboxylic acids is 1. The quantitative estimate of drug-likeness (QED) is 0.918. The van der Waals surface area contributed by atoms with Gasteiger partial charge >= 0.3 is 0 Å². The van der Waals surface area contributed by atoms with Gasteiger partial charge in [-0.3, -0.25) is 4.79 Å². The summed E-state index contributed by atoms with van der Waals surface area (Å²) in [5.74, 6) is 2.29. The first-order chi connectivity index (χ1) is 10.7. The molecule has 1 saturated carbocycles. The van der Waals surface area contributed by atoms with E-state index in [1.54, 1.807) is 7.11 Å². The topological polar surface area (TPSA) is 55.6 Å². The molecule has 0 radical (unpaired) electrons. The van der Waals surface area contributed by atoms with Gasteiger partial charge in [0.1, 0.15) is 5.75 Å². The number of halogens is 1. The highest BCUT2D eigenvalue weighted by Crippen LogP contribution is 2.35. The normalized spacial score (nSPS) is 26.3. The smallest absolute Gasteiger partial charge is 0.222 e. The van der Waals surface area contributed by atoms with Crippen molar-refractivity contribution in [1.82, 2.24) is 4.90 Å². The van der Waals surface area contributed by atoms with Crippen LogP contribution in [0.2, 0.25) is 0 Å². The van der Waals surface area contributed by atoms with Crippen LogP contribution in [-0.4, -0.2) is 37.0 Å². The first-order valence-electron chi connectivity index (χ1n) is 8.33. The fourth-order valence-electron chi connectivity index (χ4n) is 3.92. The number of amides is 1. The summed E-state index contributed by atoms with van der Waals surface area (Å²) >= 11 is 0. The number of methoxy groups -OCH3 is 1. The van der Waals surface area contributed by atoms with Crippen LogP contribution >= 0.6 is 12.4 Å². The summed E-state index contributed by atoms with van der Waals surface area (Å²) in [6, 6.07) is 8.25. The Bertz CT molecular complexity index is 520. The minimum atomic E-state index is 0. The lowest BCUT2D eigenvalue weighted by molar-refractivity contribution is -0.130. The Hall–Kier alpha value is -1.26.